The van der Waals surface area contributed by atoms with E-state index in [1.165, 1.54) is 13.2 Å². The minimum atomic E-state index is -1.31. The summed E-state index contributed by atoms with van der Waals surface area (Å²) in [6, 6.07) is 5.10. The van der Waals surface area contributed by atoms with E-state index in [-0.39, 0.29) is 4.91 Å². The quantitative estimate of drug-likeness (QED) is 0.413. The van der Waals surface area contributed by atoms with Crippen LogP contribution in [-0.4, -0.2) is 34.9 Å². The molecule has 25 heavy (non-hydrogen) atoms. The van der Waals surface area contributed by atoms with Gasteiger partial charge in [-0.15, -0.1) is 5.10 Å². The standard InChI is InChI=1S/C17H19N3O4S/c1-4-8-24-12-7-6-11(9-13(12)23-3)10-14(16(21)22)25-17-18-15(5-2)19-20-17/h4,6-7,9-10H,1,5,8H2,2-3H3,(H,21,22)(H,18,19,20)/p-1/b14-10-. The number of benzene rings is 1. The van der Waals surface area contributed by atoms with Gasteiger partial charge in [-0.25, -0.2) is 4.98 Å². The summed E-state index contributed by atoms with van der Waals surface area (Å²) in [5, 5.41) is 18.5. The maximum Gasteiger partial charge on any atom is 0.213 e. The Balaban J connectivity index is 2.26. The molecule has 1 N–H and O–H groups in total. The first kappa shape index (κ1) is 18.6. The smallest absolute Gasteiger partial charge is 0.213 e. The first-order valence-corrected chi connectivity index (χ1v) is 8.33. The molecule has 0 saturated heterocycles. The first-order chi connectivity index (χ1) is 12.1. The van der Waals surface area contributed by atoms with E-state index in [0.29, 0.717) is 41.1 Å². The van der Waals surface area contributed by atoms with Crippen LogP contribution < -0.4 is 14.6 Å². The van der Waals surface area contributed by atoms with Gasteiger partial charge in [0, 0.05) is 11.3 Å². The molecule has 0 radical (unpaired) electrons. The lowest BCUT2D eigenvalue weighted by Crippen LogP contribution is -2.23. The number of aryl methyl sites for hydroxylation is 1. The van der Waals surface area contributed by atoms with E-state index in [0.717, 1.165) is 11.8 Å². The average molecular weight is 360 g/mol. The Morgan fingerprint density at radius 1 is 1.44 bits per heavy atom. The summed E-state index contributed by atoms with van der Waals surface area (Å²) >= 11 is 0.920. The van der Waals surface area contributed by atoms with E-state index < -0.39 is 5.97 Å². The van der Waals surface area contributed by atoms with Gasteiger partial charge < -0.3 is 19.4 Å². The largest absolute Gasteiger partial charge is 0.544 e. The number of nitrogens with one attached hydrogen (secondary N) is 1. The number of hydrogen-bond donors (Lipinski definition) is 1. The molecule has 1 aromatic carbocycles. The second-order valence-electron chi connectivity index (χ2n) is 4.83. The molecule has 0 fully saturated rings. The highest BCUT2D eigenvalue weighted by atomic mass is 32.2. The number of thioether (sulfide) groups is 1. The van der Waals surface area contributed by atoms with Crippen LogP contribution in [0.3, 0.4) is 0 Å². The number of carbonyl (C=O) groups excluding carboxylic acids is 1. The molecule has 0 saturated carbocycles. The summed E-state index contributed by atoms with van der Waals surface area (Å²) in [4.78, 5) is 15.6. The predicted octanol–water partition coefficient (Wildman–Crippen LogP) is 1.82. The molecule has 0 aliphatic carbocycles. The second-order valence-corrected chi connectivity index (χ2v) is 5.84. The Morgan fingerprint density at radius 3 is 2.84 bits per heavy atom. The van der Waals surface area contributed by atoms with E-state index in [2.05, 4.69) is 21.8 Å². The number of ether oxygens (including phenoxy) is 2. The van der Waals surface area contributed by atoms with Crippen LogP contribution in [0.15, 0.2) is 40.9 Å². The zero-order valence-corrected chi connectivity index (χ0v) is 14.8. The highest BCUT2D eigenvalue weighted by molar-refractivity contribution is 8.04. The van der Waals surface area contributed by atoms with Gasteiger partial charge in [0.2, 0.25) is 5.16 Å². The van der Waals surface area contributed by atoms with Crippen molar-refractivity contribution < 1.29 is 19.4 Å². The van der Waals surface area contributed by atoms with Crippen molar-refractivity contribution in [1.29, 1.82) is 0 Å². The summed E-state index contributed by atoms with van der Waals surface area (Å²) in [7, 11) is 1.51. The maximum atomic E-state index is 11.4. The van der Waals surface area contributed by atoms with Crippen molar-refractivity contribution in [2.75, 3.05) is 13.7 Å². The second kappa shape index (κ2) is 8.93. The van der Waals surface area contributed by atoms with Gasteiger partial charge in [0.05, 0.1) is 13.1 Å². The number of aromatic nitrogens is 3. The van der Waals surface area contributed by atoms with Crippen LogP contribution in [0, 0.1) is 0 Å². The number of H-pyrrole nitrogens is 1. The maximum absolute atomic E-state index is 11.4. The van der Waals surface area contributed by atoms with E-state index in [1.807, 2.05) is 6.92 Å². The first-order valence-electron chi connectivity index (χ1n) is 7.51. The number of aromatic amines is 1. The molecule has 0 aliphatic rings. The third-order valence-corrected chi connectivity index (χ3v) is 3.96. The normalized spacial score (nSPS) is 11.2. The van der Waals surface area contributed by atoms with Crippen LogP contribution in [0.1, 0.15) is 18.3 Å². The van der Waals surface area contributed by atoms with Gasteiger partial charge in [-0.3, -0.25) is 5.10 Å². The lowest BCUT2D eigenvalue weighted by molar-refractivity contribution is -0.297. The number of nitrogens with zero attached hydrogens (tertiary/aromatic N) is 2. The van der Waals surface area contributed by atoms with Gasteiger partial charge in [0.25, 0.3) is 0 Å². The fraction of sp³-hybridized carbons (Fsp3) is 0.235. The van der Waals surface area contributed by atoms with Crippen LogP contribution >= 0.6 is 11.8 Å². The zero-order valence-electron chi connectivity index (χ0n) is 13.9. The number of carbonyl (C=O) groups is 1. The molecule has 0 aliphatic heterocycles. The molecular formula is C17H18N3O4S-. The van der Waals surface area contributed by atoms with Crippen LogP contribution in [0.4, 0.5) is 0 Å². The van der Waals surface area contributed by atoms with Gasteiger partial charge in [0.1, 0.15) is 12.4 Å². The number of methoxy groups -OCH3 is 1. The van der Waals surface area contributed by atoms with Gasteiger partial charge in [-0.2, -0.15) is 0 Å². The number of carboxylic acids is 1. The van der Waals surface area contributed by atoms with Gasteiger partial charge in [-0.1, -0.05) is 25.6 Å². The molecule has 0 spiro atoms. The van der Waals surface area contributed by atoms with Crippen molar-refractivity contribution in [2.24, 2.45) is 0 Å². The molecular weight excluding hydrogens is 342 g/mol. The topological polar surface area (TPSA) is 100 Å². The Labute approximate surface area is 149 Å². The highest BCUT2D eigenvalue weighted by Gasteiger charge is 2.10. The molecule has 132 valence electrons. The number of rotatable bonds is 9. The Morgan fingerprint density at radius 2 is 2.24 bits per heavy atom. The van der Waals surface area contributed by atoms with E-state index in [9.17, 15) is 9.90 Å². The molecule has 0 amide bonds. The number of carboxylic acid groups (broad SMARTS) is 1. The van der Waals surface area contributed by atoms with E-state index >= 15 is 0 Å². The lowest BCUT2D eigenvalue weighted by atomic mass is 10.2. The Hall–Kier alpha value is -2.74. The van der Waals surface area contributed by atoms with Crippen molar-refractivity contribution in [3.8, 4) is 11.5 Å². The summed E-state index contributed by atoms with van der Waals surface area (Å²) in [5.41, 5.74) is 0.626. The summed E-state index contributed by atoms with van der Waals surface area (Å²) < 4.78 is 10.7. The SMILES string of the molecule is C=CCOc1ccc(/C=C(\Sc2n[nH]c(CC)n2)C(=O)[O-])cc1OC. The minimum Gasteiger partial charge on any atom is -0.544 e. The lowest BCUT2D eigenvalue weighted by Gasteiger charge is -2.11. The monoisotopic (exact) mass is 360 g/mol. The van der Waals surface area contributed by atoms with Crippen LogP contribution in [0.25, 0.3) is 6.08 Å². The van der Waals surface area contributed by atoms with E-state index in [4.69, 9.17) is 9.47 Å². The molecule has 2 aromatic rings. The van der Waals surface area contributed by atoms with Crippen molar-refractivity contribution in [3.05, 3.63) is 47.1 Å². The van der Waals surface area contributed by atoms with Crippen molar-refractivity contribution in [2.45, 2.75) is 18.5 Å². The highest BCUT2D eigenvalue weighted by Crippen LogP contribution is 2.31. The number of aliphatic carboxylic acids is 1. The van der Waals surface area contributed by atoms with Crippen molar-refractivity contribution >= 4 is 23.8 Å². The molecule has 0 bridgehead atoms. The Kier molecular flexibility index (Phi) is 6.64. The fourth-order valence-corrected chi connectivity index (χ4v) is 2.63. The van der Waals surface area contributed by atoms with Crippen LogP contribution in [-0.2, 0) is 11.2 Å². The summed E-state index contributed by atoms with van der Waals surface area (Å²) in [6.07, 6.45) is 3.78. The molecule has 1 heterocycles. The third kappa shape index (κ3) is 5.12. The van der Waals surface area contributed by atoms with Gasteiger partial charge in [-0.05, 0) is 35.5 Å². The minimum absolute atomic E-state index is 0.0107. The average Bonchev–Trinajstić information content (AvgIpc) is 3.07. The third-order valence-electron chi connectivity index (χ3n) is 3.09. The molecule has 0 atom stereocenters. The molecule has 2 rings (SSSR count). The molecule has 1 aromatic heterocycles. The predicted molar refractivity (Wildman–Crippen MR) is 93.3 cm³/mol. The summed E-state index contributed by atoms with van der Waals surface area (Å²) in [5.74, 6) is 0.414. The van der Waals surface area contributed by atoms with E-state index in [1.54, 1.807) is 24.3 Å². The number of hydrogen-bond acceptors (Lipinski definition) is 7. The summed E-state index contributed by atoms with van der Waals surface area (Å²) in [6.45, 7) is 5.86. The molecule has 8 heteroatoms. The van der Waals surface area contributed by atoms with Gasteiger partial charge >= 0.3 is 0 Å². The van der Waals surface area contributed by atoms with Crippen LogP contribution in [0.2, 0.25) is 0 Å². The zero-order chi connectivity index (χ0) is 18.2. The Bertz CT molecular complexity index is 786. The van der Waals surface area contributed by atoms with Crippen LogP contribution in [0.5, 0.6) is 11.5 Å². The van der Waals surface area contributed by atoms with Gasteiger partial charge in [0.15, 0.2) is 11.5 Å². The van der Waals surface area contributed by atoms with Crippen molar-refractivity contribution in [3.63, 3.8) is 0 Å². The van der Waals surface area contributed by atoms with Crippen molar-refractivity contribution in [1.82, 2.24) is 15.2 Å². The molecule has 7 nitrogen and oxygen atoms in total. The molecule has 0 unspecified atom stereocenters. The fourth-order valence-electron chi connectivity index (χ4n) is 1.90.